The van der Waals surface area contributed by atoms with E-state index in [0.29, 0.717) is 0 Å². The summed E-state index contributed by atoms with van der Waals surface area (Å²) in [6.07, 6.45) is 0. The highest BCUT2D eigenvalue weighted by Gasteiger charge is 2.39. The average Bonchev–Trinajstić information content (AvgIpc) is 3.27. The van der Waals surface area contributed by atoms with E-state index in [1.54, 1.807) is 0 Å². The second-order valence-corrected chi connectivity index (χ2v) is 18.8. The van der Waals surface area contributed by atoms with E-state index in [2.05, 4.69) is 71.3 Å². The Kier molecular flexibility index (Phi) is 12.5. The van der Waals surface area contributed by atoms with Crippen LogP contribution in [0, 0.1) is 13.8 Å². The van der Waals surface area contributed by atoms with Gasteiger partial charge < -0.3 is 28.7 Å². The van der Waals surface area contributed by atoms with E-state index in [9.17, 15) is 9.13 Å². The number of benzene rings is 8. The molecular formula is C48H48N2O6P2. The number of aryl methyl sites for hydroxylation is 2. The lowest BCUT2D eigenvalue weighted by atomic mass is 9.96. The predicted octanol–water partition coefficient (Wildman–Crippen LogP) is 13.8. The number of hydrogen-bond acceptors (Lipinski definition) is 8. The average molecular weight is 811 g/mol. The maximum absolute atomic E-state index is 13.7. The highest BCUT2D eigenvalue weighted by molar-refractivity contribution is 7.54. The van der Waals surface area contributed by atoms with Gasteiger partial charge in [-0.2, -0.15) is 0 Å². The molecule has 0 saturated carbocycles. The molecular weight excluding hydrogens is 762 g/mol. The van der Waals surface area contributed by atoms with Crippen LogP contribution in [0.25, 0.3) is 43.1 Å². The van der Waals surface area contributed by atoms with E-state index in [1.165, 1.54) is 28.4 Å². The summed E-state index contributed by atoms with van der Waals surface area (Å²) in [6.45, 7) is 4.07. The normalized spacial score (nSPS) is 12.9. The third kappa shape index (κ3) is 8.32. The van der Waals surface area contributed by atoms with E-state index in [4.69, 9.17) is 18.1 Å². The van der Waals surface area contributed by atoms with Crippen molar-refractivity contribution in [1.29, 1.82) is 0 Å². The molecule has 8 rings (SSSR count). The quantitative estimate of drug-likeness (QED) is 0.0930. The van der Waals surface area contributed by atoms with E-state index < -0.39 is 26.8 Å². The van der Waals surface area contributed by atoms with Crippen LogP contribution in [0.2, 0.25) is 0 Å². The second-order valence-electron chi connectivity index (χ2n) is 14.1. The molecule has 0 unspecified atom stereocenters. The molecule has 58 heavy (non-hydrogen) atoms. The minimum atomic E-state index is -3.51. The summed E-state index contributed by atoms with van der Waals surface area (Å²) >= 11 is 0. The highest BCUT2D eigenvalue weighted by atomic mass is 31.2. The number of rotatable bonds is 12. The Bertz CT molecular complexity index is 2480. The fourth-order valence-corrected chi connectivity index (χ4v) is 10.4. The molecule has 0 aliphatic heterocycles. The van der Waals surface area contributed by atoms with Crippen LogP contribution in [0.5, 0.6) is 0 Å². The summed E-state index contributed by atoms with van der Waals surface area (Å²) in [7, 11) is -1.29. The van der Waals surface area contributed by atoms with Crippen molar-refractivity contribution in [1.82, 2.24) is 0 Å². The molecule has 0 aromatic heterocycles. The maximum atomic E-state index is 13.7. The molecule has 296 valence electrons. The van der Waals surface area contributed by atoms with Crippen LogP contribution in [0.1, 0.15) is 33.8 Å². The third-order valence-corrected chi connectivity index (χ3v) is 14.6. The van der Waals surface area contributed by atoms with Crippen molar-refractivity contribution in [3.63, 3.8) is 0 Å². The molecule has 2 atom stereocenters. The van der Waals surface area contributed by atoms with Gasteiger partial charge in [0.15, 0.2) is 11.6 Å². The lowest BCUT2D eigenvalue weighted by Crippen LogP contribution is -2.14. The van der Waals surface area contributed by atoms with Crippen molar-refractivity contribution < 1.29 is 27.2 Å². The minimum Gasteiger partial charge on any atom is -0.368 e. The standard InChI is InChI=1S/2C24H24NO3P/c2*1-17-12-14-20(15-13-17)25-24(29(26,27-2)28-3)23-21-10-6-4-8-18(21)16-19-9-5-7-11-22(19)23/h2*4-16,24-25H,1-3H3/t2*24-/m00/s1. The summed E-state index contributed by atoms with van der Waals surface area (Å²) in [5.41, 5.74) is 5.84. The molecule has 8 aromatic carbocycles. The Morgan fingerprint density at radius 1 is 0.397 bits per heavy atom. The summed E-state index contributed by atoms with van der Waals surface area (Å²) in [5, 5.41) is 15.3. The van der Waals surface area contributed by atoms with Gasteiger partial charge in [-0.25, -0.2) is 0 Å². The zero-order valence-electron chi connectivity index (χ0n) is 33.5. The molecule has 0 spiro atoms. The molecule has 0 bridgehead atoms. The smallest absolute Gasteiger partial charge is 0.356 e. The fraction of sp³-hybridized carbons (Fsp3) is 0.167. The Morgan fingerprint density at radius 3 is 0.914 bits per heavy atom. The Labute approximate surface area is 340 Å². The van der Waals surface area contributed by atoms with Crippen LogP contribution < -0.4 is 10.6 Å². The lowest BCUT2D eigenvalue weighted by molar-refractivity contribution is 0.268. The van der Waals surface area contributed by atoms with Crippen LogP contribution in [-0.4, -0.2) is 28.4 Å². The summed E-state index contributed by atoms with van der Waals surface area (Å²) in [6, 6.07) is 52.8. The molecule has 0 heterocycles. The number of nitrogens with one attached hydrogen (secondary N) is 2. The van der Waals surface area contributed by atoms with Crippen molar-refractivity contribution >= 4 is 69.7 Å². The first-order chi connectivity index (χ1) is 28.1. The van der Waals surface area contributed by atoms with Gasteiger partial charge in [0.1, 0.15) is 0 Å². The maximum Gasteiger partial charge on any atom is 0.356 e. The van der Waals surface area contributed by atoms with Crippen LogP contribution in [0.15, 0.2) is 158 Å². The zero-order chi connectivity index (χ0) is 40.9. The van der Waals surface area contributed by atoms with Gasteiger partial charge in [-0.1, -0.05) is 132 Å². The van der Waals surface area contributed by atoms with Crippen LogP contribution >= 0.6 is 15.2 Å². The molecule has 2 N–H and O–H groups in total. The largest absolute Gasteiger partial charge is 0.368 e. The van der Waals surface area contributed by atoms with Gasteiger partial charge in [-0.05, 0) is 93.3 Å². The third-order valence-electron chi connectivity index (χ3n) is 10.5. The second kappa shape index (κ2) is 17.7. The molecule has 0 amide bonds. The van der Waals surface area contributed by atoms with Gasteiger partial charge in [-0.15, -0.1) is 0 Å². The summed E-state index contributed by atoms with van der Waals surface area (Å²) in [5.74, 6) is -1.34. The Morgan fingerprint density at radius 2 is 0.655 bits per heavy atom. The topological polar surface area (TPSA) is 95.1 Å². The van der Waals surface area contributed by atoms with Gasteiger partial charge in [0.2, 0.25) is 0 Å². The van der Waals surface area contributed by atoms with Gasteiger partial charge in [0.25, 0.3) is 0 Å². The highest BCUT2D eigenvalue weighted by Crippen LogP contribution is 2.62. The Balaban J connectivity index is 0.000000177. The lowest BCUT2D eigenvalue weighted by Gasteiger charge is -2.28. The summed E-state index contributed by atoms with van der Waals surface area (Å²) < 4.78 is 49.3. The van der Waals surface area contributed by atoms with Gasteiger partial charge in [0, 0.05) is 50.9 Å². The van der Waals surface area contributed by atoms with Crippen molar-refractivity contribution in [2.24, 2.45) is 0 Å². The van der Waals surface area contributed by atoms with Crippen molar-refractivity contribution in [2.75, 3.05) is 39.1 Å². The first-order valence-electron chi connectivity index (χ1n) is 19.0. The van der Waals surface area contributed by atoms with Crippen LogP contribution in [-0.2, 0) is 27.2 Å². The molecule has 0 aliphatic carbocycles. The molecule has 8 nitrogen and oxygen atoms in total. The molecule has 0 fully saturated rings. The molecule has 8 aromatic rings. The van der Waals surface area contributed by atoms with Crippen molar-refractivity contribution in [3.05, 3.63) is 180 Å². The first-order valence-corrected chi connectivity index (χ1v) is 22.2. The van der Waals surface area contributed by atoms with Crippen LogP contribution in [0.3, 0.4) is 0 Å². The van der Waals surface area contributed by atoms with E-state index in [-0.39, 0.29) is 0 Å². The summed E-state index contributed by atoms with van der Waals surface area (Å²) in [4.78, 5) is 0. The minimum absolute atomic E-state index is 0.670. The van der Waals surface area contributed by atoms with E-state index in [1.807, 2.05) is 111 Å². The SMILES string of the molecule is COP(=O)(OC)[C@H](Nc1ccc(C)cc1)c1c2ccccc2cc2ccccc12.COP(=O)(OC)[C@H](Nc1ccc(C)cc1)c1c2ccccc2cc2ccccc12. The number of anilines is 2. The monoisotopic (exact) mass is 810 g/mol. The van der Waals surface area contributed by atoms with Gasteiger partial charge >= 0.3 is 15.2 Å². The number of fused-ring (bicyclic) bond motifs is 4. The van der Waals surface area contributed by atoms with Crippen molar-refractivity contribution in [2.45, 2.75) is 25.4 Å². The Hall–Kier alpha value is -5.30. The zero-order valence-corrected chi connectivity index (χ0v) is 35.3. The molecule has 0 saturated heterocycles. The predicted molar refractivity (Wildman–Crippen MR) is 241 cm³/mol. The molecule has 10 heteroatoms. The van der Waals surface area contributed by atoms with Gasteiger partial charge in [-0.3, -0.25) is 9.13 Å². The van der Waals surface area contributed by atoms with Crippen molar-refractivity contribution in [3.8, 4) is 0 Å². The number of hydrogen-bond donors (Lipinski definition) is 2. The van der Waals surface area contributed by atoms with Crippen LogP contribution in [0.4, 0.5) is 11.4 Å². The van der Waals surface area contributed by atoms with E-state index in [0.717, 1.165) is 76.7 Å². The van der Waals surface area contributed by atoms with Gasteiger partial charge in [0.05, 0.1) is 0 Å². The molecule has 0 aliphatic rings. The fourth-order valence-electron chi connectivity index (χ4n) is 7.49. The molecule has 0 radical (unpaired) electrons. The van der Waals surface area contributed by atoms with E-state index >= 15 is 0 Å². The first kappa shape index (κ1) is 40.9.